The molecule has 2 amide bonds. The summed E-state index contributed by atoms with van der Waals surface area (Å²) in [5.74, 6) is -1.02. The van der Waals surface area contributed by atoms with Crippen molar-refractivity contribution >= 4 is 17.7 Å². The minimum absolute atomic E-state index is 0.164. The standard InChI is InChI=1S/C13H14N4O3/c1-8-2-3-10(4-11(8)12(18)19)17-13(20)14-5-9-6-15-16-7-9/h2-4,6-7H,5H2,1H3,(H,15,16)(H,18,19)(H2,14,17,20). The molecule has 0 unspecified atom stereocenters. The zero-order valence-corrected chi connectivity index (χ0v) is 10.8. The van der Waals surface area contributed by atoms with Gasteiger partial charge in [-0.25, -0.2) is 9.59 Å². The summed E-state index contributed by atoms with van der Waals surface area (Å²) in [4.78, 5) is 22.7. The van der Waals surface area contributed by atoms with Crippen molar-refractivity contribution in [1.82, 2.24) is 15.5 Å². The number of hydrogen-bond acceptors (Lipinski definition) is 3. The number of H-pyrrole nitrogens is 1. The zero-order chi connectivity index (χ0) is 14.5. The van der Waals surface area contributed by atoms with Gasteiger partial charge in [-0.15, -0.1) is 0 Å². The molecular weight excluding hydrogens is 260 g/mol. The van der Waals surface area contributed by atoms with E-state index in [1.54, 1.807) is 31.5 Å². The number of amides is 2. The number of urea groups is 1. The summed E-state index contributed by atoms with van der Waals surface area (Å²) < 4.78 is 0. The molecule has 20 heavy (non-hydrogen) atoms. The number of aromatic carboxylic acids is 1. The Balaban J connectivity index is 1.97. The van der Waals surface area contributed by atoms with Crippen molar-refractivity contribution in [3.8, 4) is 0 Å². The Labute approximate surface area is 115 Å². The Hall–Kier alpha value is -2.83. The molecule has 4 N–H and O–H groups in total. The average molecular weight is 274 g/mol. The Morgan fingerprint density at radius 2 is 2.20 bits per heavy atom. The number of carbonyl (C=O) groups is 2. The molecule has 0 spiro atoms. The van der Waals surface area contributed by atoms with Crippen LogP contribution in [0.2, 0.25) is 0 Å². The summed E-state index contributed by atoms with van der Waals surface area (Å²) in [7, 11) is 0. The van der Waals surface area contributed by atoms with E-state index in [1.165, 1.54) is 6.07 Å². The first-order valence-corrected chi connectivity index (χ1v) is 5.92. The molecule has 0 bridgehead atoms. The maximum Gasteiger partial charge on any atom is 0.336 e. The topological polar surface area (TPSA) is 107 Å². The number of hydrogen-bond donors (Lipinski definition) is 4. The second-order valence-corrected chi connectivity index (χ2v) is 4.25. The van der Waals surface area contributed by atoms with E-state index in [9.17, 15) is 9.59 Å². The molecular formula is C13H14N4O3. The van der Waals surface area contributed by atoms with Crippen LogP contribution < -0.4 is 10.6 Å². The maximum atomic E-state index is 11.7. The van der Waals surface area contributed by atoms with Gasteiger partial charge in [0.2, 0.25) is 0 Å². The van der Waals surface area contributed by atoms with Gasteiger partial charge in [0.05, 0.1) is 11.8 Å². The fourth-order valence-corrected chi connectivity index (χ4v) is 1.66. The van der Waals surface area contributed by atoms with Gasteiger partial charge in [-0.2, -0.15) is 5.10 Å². The van der Waals surface area contributed by atoms with Crippen LogP contribution in [0.3, 0.4) is 0 Å². The summed E-state index contributed by atoms with van der Waals surface area (Å²) >= 11 is 0. The molecule has 0 fully saturated rings. The molecule has 0 radical (unpaired) electrons. The number of aryl methyl sites for hydroxylation is 1. The third-order valence-electron chi connectivity index (χ3n) is 2.73. The number of nitrogens with zero attached hydrogens (tertiary/aromatic N) is 1. The number of anilines is 1. The minimum Gasteiger partial charge on any atom is -0.478 e. The van der Waals surface area contributed by atoms with Gasteiger partial charge in [0.25, 0.3) is 0 Å². The van der Waals surface area contributed by atoms with Gasteiger partial charge in [-0.05, 0) is 24.6 Å². The van der Waals surface area contributed by atoms with Crippen LogP contribution in [0, 0.1) is 6.92 Å². The van der Waals surface area contributed by atoms with Gasteiger partial charge in [-0.3, -0.25) is 5.10 Å². The number of carboxylic acid groups (broad SMARTS) is 1. The van der Waals surface area contributed by atoms with Crippen molar-refractivity contribution in [1.29, 1.82) is 0 Å². The summed E-state index contributed by atoms with van der Waals surface area (Å²) in [5, 5.41) is 20.6. The van der Waals surface area contributed by atoms with Crippen LogP contribution in [0.5, 0.6) is 0 Å². The predicted molar refractivity (Wildman–Crippen MR) is 72.6 cm³/mol. The second kappa shape index (κ2) is 5.87. The van der Waals surface area contributed by atoms with Crippen LogP contribution >= 0.6 is 0 Å². The van der Waals surface area contributed by atoms with Crippen LogP contribution in [0.25, 0.3) is 0 Å². The monoisotopic (exact) mass is 274 g/mol. The predicted octanol–water partition coefficient (Wildman–Crippen LogP) is 1.74. The molecule has 2 aromatic rings. The van der Waals surface area contributed by atoms with Crippen molar-refractivity contribution < 1.29 is 14.7 Å². The lowest BCUT2D eigenvalue weighted by Crippen LogP contribution is -2.28. The average Bonchev–Trinajstić information content (AvgIpc) is 2.91. The van der Waals surface area contributed by atoms with Gasteiger partial charge in [0.1, 0.15) is 0 Å². The van der Waals surface area contributed by atoms with E-state index in [0.717, 1.165) is 5.56 Å². The normalized spacial score (nSPS) is 10.1. The number of aromatic nitrogens is 2. The van der Waals surface area contributed by atoms with Crippen LogP contribution in [0.1, 0.15) is 21.5 Å². The molecule has 1 aromatic heterocycles. The third-order valence-corrected chi connectivity index (χ3v) is 2.73. The van der Waals surface area contributed by atoms with Crippen molar-refractivity contribution in [3.05, 3.63) is 47.3 Å². The quantitative estimate of drug-likeness (QED) is 0.681. The van der Waals surface area contributed by atoms with Crippen LogP contribution in [-0.2, 0) is 6.54 Å². The number of benzene rings is 1. The van der Waals surface area contributed by atoms with Crippen molar-refractivity contribution in [3.63, 3.8) is 0 Å². The molecule has 0 aliphatic rings. The summed E-state index contributed by atoms with van der Waals surface area (Å²) in [6.07, 6.45) is 3.28. The molecule has 0 atom stereocenters. The Morgan fingerprint density at radius 3 is 2.85 bits per heavy atom. The molecule has 7 heteroatoms. The Morgan fingerprint density at radius 1 is 1.40 bits per heavy atom. The van der Waals surface area contributed by atoms with E-state index >= 15 is 0 Å². The summed E-state index contributed by atoms with van der Waals surface area (Å²) in [6, 6.07) is 4.31. The van der Waals surface area contributed by atoms with Crippen molar-refractivity contribution in [2.24, 2.45) is 0 Å². The van der Waals surface area contributed by atoms with Gasteiger partial charge < -0.3 is 15.7 Å². The highest BCUT2D eigenvalue weighted by molar-refractivity contribution is 5.94. The van der Waals surface area contributed by atoms with Gasteiger partial charge in [0, 0.05) is 24.0 Å². The van der Waals surface area contributed by atoms with Crippen LogP contribution in [-0.4, -0.2) is 27.3 Å². The van der Waals surface area contributed by atoms with Crippen LogP contribution in [0.4, 0.5) is 10.5 Å². The Bertz CT molecular complexity index is 623. The summed E-state index contributed by atoms with van der Waals surface area (Å²) in [5.41, 5.74) is 2.08. The molecule has 1 aromatic carbocycles. The van der Waals surface area contributed by atoms with Gasteiger partial charge in [-0.1, -0.05) is 6.07 Å². The highest BCUT2D eigenvalue weighted by Crippen LogP contribution is 2.15. The minimum atomic E-state index is -1.02. The first-order valence-electron chi connectivity index (χ1n) is 5.92. The molecule has 7 nitrogen and oxygen atoms in total. The smallest absolute Gasteiger partial charge is 0.336 e. The van der Waals surface area contributed by atoms with E-state index < -0.39 is 12.0 Å². The van der Waals surface area contributed by atoms with E-state index in [0.29, 0.717) is 17.8 Å². The number of nitrogens with one attached hydrogen (secondary N) is 3. The highest BCUT2D eigenvalue weighted by atomic mass is 16.4. The molecule has 104 valence electrons. The molecule has 0 aliphatic carbocycles. The lowest BCUT2D eigenvalue weighted by Gasteiger charge is -2.08. The highest BCUT2D eigenvalue weighted by Gasteiger charge is 2.09. The molecule has 1 heterocycles. The largest absolute Gasteiger partial charge is 0.478 e. The first-order chi connectivity index (χ1) is 9.56. The molecule has 0 saturated heterocycles. The fraction of sp³-hybridized carbons (Fsp3) is 0.154. The summed E-state index contributed by atoms with van der Waals surface area (Å²) in [6.45, 7) is 2.03. The maximum absolute atomic E-state index is 11.7. The van der Waals surface area contributed by atoms with Gasteiger partial charge >= 0.3 is 12.0 Å². The lowest BCUT2D eigenvalue weighted by atomic mass is 10.1. The number of aromatic amines is 1. The van der Waals surface area contributed by atoms with Gasteiger partial charge in [0.15, 0.2) is 0 Å². The van der Waals surface area contributed by atoms with Crippen LogP contribution in [0.15, 0.2) is 30.6 Å². The van der Waals surface area contributed by atoms with E-state index in [2.05, 4.69) is 20.8 Å². The van der Waals surface area contributed by atoms with Crippen molar-refractivity contribution in [2.75, 3.05) is 5.32 Å². The fourth-order valence-electron chi connectivity index (χ4n) is 1.66. The van der Waals surface area contributed by atoms with E-state index in [-0.39, 0.29) is 5.56 Å². The van der Waals surface area contributed by atoms with E-state index in [1.807, 2.05) is 0 Å². The number of rotatable bonds is 4. The Kier molecular flexibility index (Phi) is 3.99. The number of carbonyl (C=O) groups excluding carboxylic acids is 1. The molecule has 0 aliphatic heterocycles. The SMILES string of the molecule is Cc1ccc(NC(=O)NCc2cn[nH]c2)cc1C(=O)O. The molecule has 2 rings (SSSR count). The second-order valence-electron chi connectivity index (χ2n) is 4.25. The lowest BCUT2D eigenvalue weighted by molar-refractivity contribution is 0.0696. The third kappa shape index (κ3) is 3.35. The zero-order valence-electron chi connectivity index (χ0n) is 10.8. The molecule has 0 saturated carbocycles. The number of carboxylic acids is 1. The van der Waals surface area contributed by atoms with Crippen molar-refractivity contribution in [2.45, 2.75) is 13.5 Å². The van der Waals surface area contributed by atoms with E-state index in [4.69, 9.17) is 5.11 Å². The first kappa shape index (κ1) is 13.6.